The number of H-pyrrole nitrogens is 1. The van der Waals surface area contributed by atoms with Crippen LogP contribution in [0, 0.1) is 5.92 Å². The Morgan fingerprint density at radius 3 is 2.74 bits per heavy atom. The topological polar surface area (TPSA) is 83.1 Å². The molecule has 0 spiro atoms. The van der Waals surface area contributed by atoms with Gasteiger partial charge in [-0.1, -0.05) is 18.2 Å². The van der Waals surface area contributed by atoms with Crippen molar-refractivity contribution in [3.05, 3.63) is 65.4 Å². The van der Waals surface area contributed by atoms with Crippen molar-refractivity contribution in [3.63, 3.8) is 0 Å². The summed E-state index contributed by atoms with van der Waals surface area (Å²) in [6.45, 7) is 6.36. The van der Waals surface area contributed by atoms with Crippen molar-refractivity contribution in [1.82, 2.24) is 30.0 Å². The number of anilines is 1. The molecule has 2 aliphatic heterocycles. The molecule has 0 saturated carbocycles. The summed E-state index contributed by atoms with van der Waals surface area (Å²) < 4.78 is 6.82. The predicted octanol–water partition coefficient (Wildman–Crippen LogP) is 4.92. The Morgan fingerprint density at radius 1 is 1.00 bits per heavy atom. The number of ether oxygens (including phenoxy) is 1. The summed E-state index contributed by atoms with van der Waals surface area (Å²) in [5.74, 6) is 2.50. The summed E-state index contributed by atoms with van der Waals surface area (Å²) in [5, 5.41) is 8.36. The van der Waals surface area contributed by atoms with Crippen molar-refractivity contribution in [2.45, 2.75) is 25.8 Å². The van der Waals surface area contributed by atoms with Crippen LogP contribution in [0.1, 0.15) is 23.4 Å². The Kier molecular flexibility index (Phi) is 6.48. The Hall–Kier alpha value is -3.40. The number of rotatable bonds is 6. The van der Waals surface area contributed by atoms with Crippen molar-refractivity contribution < 1.29 is 4.74 Å². The van der Waals surface area contributed by atoms with Crippen LogP contribution in [-0.4, -0.2) is 69.4 Å². The molecule has 194 valence electrons. The quantitative estimate of drug-likeness (QED) is 0.337. The van der Waals surface area contributed by atoms with E-state index in [1.54, 1.807) is 0 Å². The second-order valence-electron chi connectivity index (χ2n) is 10.3. The van der Waals surface area contributed by atoms with E-state index in [9.17, 15) is 0 Å². The van der Waals surface area contributed by atoms with E-state index in [4.69, 9.17) is 14.7 Å². The van der Waals surface area contributed by atoms with E-state index in [0.29, 0.717) is 0 Å². The minimum absolute atomic E-state index is 0.718. The van der Waals surface area contributed by atoms with Gasteiger partial charge in [0.15, 0.2) is 11.6 Å². The van der Waals surface area contributed by atoms with Gasteiger partial charge in [0.1, 0.15) is 0 Å². The molecule has 0 unspecified atom stereocenters. The first-order valence-corrected chi connectivity index (χ1v) is 14.3. The number of pyridine rings is 1. The van der Waals surface area contributed by atoms with Crippen LogP contribution in [0.2, 0.25) is 0 Å². The number of nitrogens with zero attached hydrogens (tertiary/aromatic N) is 6. The Balaban J connectivity index is 1.15. The molecule has 7 rings (SSSR count). The lowest BCUT2D eigenvalue weighted by atomic mass is 9.92. The zero-order chi connectivity index (χ0) is 25.3. The molecular weight excluding hydrogens is 494 g/mol. The molecule has 9 heteroatoms. The molecule has 1 aromatic carbocycles. The molecule has 0 aliphatic carbocycles. The number of fused-ring (bicyclic) bond motifs is 2. The number of nitrogens with one attached hydrogen (secondary N) is 1. The molecule has 0 radical (unpaired) electrons. The van der Waals surface area contributed by atoms with E-state index in [1.807, 2.05) is 41.9 Å². The third kappa shape index (κ3) is 4.77. The average Bonchev–Trinajstić information content (AvgIpc) is 3.61. The van der Waals surface area contributed by atoms with E-state index < -0.39 is 0 Å². The smallest absolute Gasteiger partial charge is 0.162 e. The summed E-state index contributed by atoms with van der Waals surface area (Å²) in [6, 6.07) is 14.7. The molecule has 4 aromatic heterocycles. The van der Waals surface area contributed by atoms with Crippen LogP contribution in [0.4, 0.5) is 5.82 Å². The van der Waals surface area contributed by atoms with Crippen LogP contribution in [0.5, 0.6) is 0 Å². The van der Waals surface area contributed by atoms with Gasteiger partial charge in [-0.3, -0.25) is 15.0 Å². The highest BCUT2D eigenvalue weighted by atomic mass is 32.1. The number of aromatic amines is 1. The molecule has 2 saturated heterocycles. The lowest BCUT2D eigenvalue weighted by Gasteiger charge is -2.31. The Morgan fingerprint density at radius 2 is 1.89 bits per heavy atom. The predicted molar refractivity (Wildman–Crippen MR) is 151 cm³/mol. The summed E-state index contributed by atoms with van der Waals surface area (Å²) in [4.78, 5) is 21.1. The lowest BCUT2D eigenvalue weighted by Crippen LogP contribution is -2.36. The van der Waals surface area contributed by atoms with Crippen LogP contribution in [0.3, 0.4) is 0 Å². The van der Waals surface area contributed by atoms with Crippen molar-refractivity contribution in [2.24, 2.45) is 5.92 Å². The van der Waals surface area contributed by atoms with Gasteiger partial charge in [0.25, 0.3) is 0 Å². The molecule has 0 amide bonds. The summed E-state index contributed by atoms with van der Waals surface area (Å²) >= 11 is 1.85. The summed E-state index contributed by atoms with van der Waals surface area (Å²) in [5.41, 5.74) is 4.25. The molecule has 38 heavy (non-hydrogen) atoms. The average molecular weight is 526 g/mol. The zero-order valence-corrected chi connectivity index (χ0v) is 22.2. The van der Waals surface area contributed by atoms with Crippen molar-refractivity contribution in [3.8, 4) is 11.4 Å². The Labute approximate surface area is 225 Å². The largest absolute Gasteiger partial charge is 0.378 e. The maximum Gasteiger partial charge on any atom is 0.162 e. The van der Waals surface area contributed by atoms with Crippen LogP contribution in [0.15, 0.2) is 54.9 Å². The highest BCUT2D eigenvalue weighted by molar-refractivity contribution is 7.19. The third-order valence-electron chi connectivity index (χ3n) is 7.75. The van der Waals surface area contributed by atoms with Gasteiger partial charge in [-0.2, -0.15) is 5.10 Å². The molecule has 2 aliphatic rings. The fourth-order valence-electron chi connectivity index (χ4n) is 5.70. The van der Waals surface area contributed by atoms with Gasteiger partial charge >= 0.3 is 0 Å². The normalized spacial score (nSPS) is 17.5. The second kappa shape index (κ2) is 10.4. The Bertz CT molecular complexity index is 1530. The number of hydrogen-bond donors (Lipinski definition) is 1. The van der Waals surface area contributed by atoms with Gasteiger partial charge in [-0.25, -0.2) is 9.97 Å². The van der Waals surface area contributed by atoms with Crippen LogP contribution in [-0.2, 0) is 17.7 Å². The minimum Gasteiger partial charge on any atom is -0.378 e. The molecular formula is C29H31N7OS. The lowest BCUT2D eigenvalue weighted by molar-refractivity contribution is 0.122. The molecule has 6 heterocycles. The van der Waals surface area contributed by atoms with E-state index in [-0.39, 0.29) is 0 Å². The van der Waals surface area contributed by atoms with Crippen LogP contribution >= 0.6 is 11.3 Å². The maximum atomic E-state index is 5.64. The molecule has 8 nitrogen and oxygen atoms in total. The molecule has 0 bridgehead atoms. The highest BCUT2D eigenvalue weighted by Gasteiger charge is 2.23. The first-order valence-electron chi connectivity index (χ1n) is 13.5. The number of likely N-dealkylation sites (tertiary alicyclic amines) is 1. The zero-order valence-electron chi connectivity index (χ0n) is 21.3. The van der Waals surface area contributed by atoms with Gasteiger partial charge in [-0.15, -0.1) is 11.3 Å². The number of morpholine rings is 1. The maximum absolute atomic E-state index is 5.64. The van der Waals surface area contributed by atoms with E-state index in [0.717, 1.165) is 91.9 Å². The first-order chi connectivity index (χ1) is 18.8. The molecule has 5 aromatic rings. The van der Waals surface area contributed by atoms with Gasteiger partial charge in [-0.05, 0) is 62.5 Å². The van der Waals surface area contributed by atoms with Crippen LogP contribution in [0.25, 0.3) is 32.5 Å². The van der Waals surface area contributed by atoms with Gasteiger partial charge < -0.3 is 9.64 Å². The number of aromatic nitrogens is 5. The van der Waals surface area contributed by atoms with Crippen molar-refractivity contribution >= 4 is 38.3 Å². The third-order valence-corrected chi connectivity index (χ3v) is 8.86. The van der Waals surface area contributed by atoms with Crippen molar-refractivity contribution in [1.29, 1.82) is 0 Å². The number of piperidine rings is 1. The minimum atomic E-state index is 0.718. The van der Waals surface area contributed by atoms with E-state index in [1.165, 1.54) is 28.1 Å². The standard InChI is InChI=1S/C29H31N7OS/c1-2-9-30-21(4-1)16-20-7-10-35(11-8-20)19-22-17-26-27(38-22)29(36-12-14-37-15-13-36)33-28(32-26)23-5-3-6-25-24(23)18-31-34-25/h1-6,9,17-18,20H,7-8,10-16,19H2,(H,31,34). The van der Waals surface area contributed by atoms with Crippen LogP contribution < -0.4 is 4.90 Å². The second-order valence-corrected chi connectivity index (χ2v) is 11.4. The fourth-order valence-corrected chi connectivity index (χ4v) is 6.85. The molecule has 0 atom stereocenters. The number of thiophene rings is 1. The highest BCUT2D eigenvalue weighted by Crippen LogP contribution is 2.36. The van der Waals surface area contributed by atoms with E-state index in [2.05, 4.69) is 49.2 Å². The summed E-state index contributed by atoms with van der Waals surface area (Å²) in [7, 11) is 0. The number of hydrogen-bond acceptors (Lipinski definition) is 8. The van der Waals surface area contributed by atoms with E-state index >= 15 is 0 Å². The first kappa shape index (κ1) is 23.7. The molecule has 1 N–H and O–H groups in total. The molecule has 2 fully saturated rings. The van der Waals surface area contributed by atoms with Gasteiger partial charge in [0.2, 0.25) is 0 Å². The fraction of sp³-hybridized carbons (Fsp3) is 0.379. The monoisotopic (exact) mass is 525 g/mol. The SMILES string of the molecule is c1ccc(CC2CCN(Cc3cc4nc(-c5cccc6[nH]ncc56)nc(N5CCOCC5)c4s3)CC2)nc1. The van der Waals surface area contributed by atoms with Gasteiger partial charge in [0, 0.05) is 47.4 Å². The summed E-state index contributed by atoms with van der Waals surface area (Å²) in [6.07, 6.45) is 7.30. The number of benzene rings is 1. The van der Waals surface area contributed by atoms with Gasteiger partial charge in [0.05, 0.1) is 35.1 Å². The van der Waals surface area contributed by atoms with Crippen molar-refractivity contribution in [2.75, 3.05) is 44.3 Å².